The third-order valence-corrected chi connectivity index (χ3v) is 3.01. The van der Waals surface area contributed by atoms with E-state index in [0.717, 1.165) is 25.7 Å². The van der Waals surface area contributed by atoms with Gasteiger partial charge in [0, 0.05) is 18.9 Å². The van der Waals surface area contributed by atoms with Crippen LogP contribution in [-0.2, 0) is 9.53 Å². The average Bonchev–Trinajstić information content (AvgIpc) is 2.27. The molecule has 0 fully saturated rings. The fourth-order valence-corrected chi connectivity index (χ4v) is 2.14. The minimum atomic E-state index is -0.442. The van der Waals surface area contributed by atoms with Crippen LogP contribution in [0.1, 0.15) is 39.0 Å². The van der Waals surface area contributed by atoms with Gasteiger partial charge in [0.1, 0.15) is 6.10 Å². The first-order chi connectivity index (χ1) is 8.63. The number of hydrogen-bond acceptors (Lipinski definition) is 3. The van der Waals surface area contributed by atoms with E-state index < -0.39 is 6.09 Å². The summed E-state index contributed by atoms with van der Waals surface area (Å²) in [4.78, 5) is 22.5. The Hall–Kier alpha value is -1.52. The normalized spacial score (nSPS) is 25.6. The monoisotopic (exact) mass is 254 g/mol. The zero-order valence-corrected chi connectivity index (χ0v) is 10.9. The highest BCUT2D eigenvalue weighted by atomic mass is 16.6. The molecular weight excluding hydrogens is 232 g/mol. The molecule has 2 atom stereocenters. The predicted molar refractivity (Wildman–Crippen MR) is 68.9 cm³/mol. The van der Waals surface area contributed by atoms with Gasteiger partial charge < -0.3 is 15.8 Å². The van der Waals surface area contributed by atoms with Crippen LogP contribution in [0.25, 0.3) is 0 Å². The zero-order valence-electron chi connectivity index (χ0n) is 10.9. The van der Waals surface area contributed by atoms with E-state index >= 15 is 0 Å². The van der Waals surface area contributed by atoms with Crippen molar-refractivity contribution in [2.24, 2.45) is 11.7 Å². The van der Waals surface area contributed by atoms with Crippen LogP contribution in [0.15, 0.2) is 12.2 Å². The van der Waals surface area contributed by atoms with Crippen LogP contribution in [0.2, 0.25) is 0 Å². The molecule has 102 valence electrons. The highest BCUT2D eigenvalue weighted by Crippen LogP contribution is 2.24. The summed E-state index contributed by atoms with van der Waals surface area (Å²) in [5, 5.41) is 2.59. The number of nitrogens with one attached hydrogen (secondary N) is 1. The van der Waals surface area contributed by atoms with Crippen LogP contribution < -0.4 is 11.1 Å². The van der Waals surface area contributed by atoms with Crippen molar-refractivity contribution in [2.75, 3.05) is 6.54 Å². The fraction of sp³-hybridized carbons (Fsp3) is 0.692. The third kappa shape index (κ3) is 5.21. The Morgan fingerprint density at radius 2 is 2.22 bits per heavy atom. The number of alkyl carbamates (subject to hydrolysis) is 1. The molecule has 5 nitrogen and oxygen atoms in total. The van der Waals surface area contributed by atoms with Gasteiger partial charge in [-0.3, -0.25) is 4.79 Å². The standard InChI is InChI=1S/C13H22N2O3/c1-2-15-13(17)18-11-8-6-4-3-5-7-10(11)9-12(14)16/h6,8,10-11H,2-5,7,9H2,1H3,(H2,14,16)(H,15,17)/b8-6+. The zero-order chi connectivity index (χ0) is 13.4. The van der Waals surface area contributed by atoms with Gasteiger partial charge in [0.05, 0.1) is 0 Å². The molecule has 2 unspecified atom stereocenters. The van der Waals surface area contributed by atoms with Crippen molar-refractivity contribution < 1.29 is 14.3 Å². The molecule has 1 aliphatic rings. The summed E-state index contributed by atoms with van der Waals surface area (Å²) in [6.07, 6.45) is 7.31. The van der Waals surface area contributed by atoms with Crippen molar-refractivity contribution in [3.05, 3.63) is 12.2 Å². The van der Waals surface area contributed by atoms with E-state index in [1.165, 1.54) is 0 Å². The molecule has 18 heavy (non-hydrogen) atoms. The second-order valence-corrected chi connectivity index (χ2v) is 4.54. The number of hydrogen-bond donors (Lipinski definition) is 2. The molecule has 5 heteroatoms. The number of amides is 2. The summed E-state index contributed by atoms with van der Waals surface area (Å²) in [7, 11) is 0. The van der Waals surface area contributed by atoms with Crippen LogP contribution >= 0.6 is 0 Å². The van der Waals surface area contributed by atoms with E-state index in [1.807, 2.05) is 19.1 Å². The van der Waals surface area contributed by atoms with Crippen LogP contribution in [-0.4, -0.2) is 24.6 Å². The highest BCUT2D eigenvalue weighted by Gasteiger charge is 2.25. The first kappa shape index (κ1) is 14.5. The van der Waals surface area contributed by atoms with Crippen LogP contribution in [0, 0.1) is 5.92 Å². The maximum atomic E-state index is 11.5. The summed E-state index contributed by atoms with van der Waals surface area (Å²) in [6.45, 7) is 2.35. The van der Waals surface area contributed by atoms with Crippen molar-refractivity contribution in [3.8, 4) is 0 Å². The molecule has 3 N–H and O–H groups in total. The van der Waals surface area contributed by atoms with Crippen molar-refractivity contribution in [1.82, 2.24) is 5.32 Å². The topological polar surface area (TPSA) is 81.4 Å². The summed E-state index contributed by atoms with van der Waals surface area (Å²) < 4.78 is 5.34. The maximum absolute atomic E-state index is 11.5. The summed E-state index contributed by atoms with van der Waals surface area (Å²) in [5.74, 6) is -0.361. The van der Waals surface area contributed by atoms with Crippen molar-refractivity contribution in [3.63, 3.8) is 0 Å². The molecule has 0 saturated heterocycles. The van der Waals surface area contributed by atoms with Gasteiger partial charge in [-0.1, -0.05) is 12.5 Å². The first-order valence-electron chi connectivity index (χ1n) is 6.53. The predicted octanol–water partition coefficient (Wildman–Crippen LogP) is 1.72. The van der Waals surface area contributed by atoms with Gasteiger partial charge in [0.2, 0.25) is 5.91 Å². The number of primary amides is 1. The smallest absolute Gasteiger partial charge is 0.407 e. The lowest BCUT2D eigenvalue weighted by atomic mass is 9.89. The molecule has 0 aromatic heterocycles. The lowest BCUT2D eigenvalue weighted by molar-refractivity contribution is -0.119. The Kier molecular flexibility index (Phi) is 6.25. The van der Waals surface area contributed by atoms with E-state index in [-0.39, 0.29) is 24.3 Å². The molecule has 2 amide bonds. The van der Waals surface area contributed by atoms with Gasteiger partial charge in [-0.15, -0.1) is 0 Å². The third-order valence-electron chi connectivity index (χ3n) is 3.01. The lowest BCUT2D eigenvalue weighted by Gasteiger charge is -2.25. The number of allylic oxidation sites excluding steroid dienone is 1. The van der Waals surface area contributed by atoms with E-state index in [2.05, 4.69) is 5.32 Å². The van der Waals surface area contributed by atoms with E-state index in [1.54, 1.807) is 0 Å². The Morgan fingerprint density at radius 3 is 2.89 bits per heavy atom. The SMILES string of the molecule is CCNC(=O)OC1/C=C/CCCCC1CC(N)=O. The first-order valence-corrected chi connectivity index (χ1v) is 6.53. The molecule has 0 aliphatic heterocycles. The molecule has 0 spiro atoms. The second kappa shape index (κ2) is 7.74. The van der Waals surface area contributed by atoms with Crippen molar-refractivity contribution in [1.29, 1.82) is 0 Å². The van der Waals surface area contributed by atoms with Crippen LogP contribution in [0.3, 0.4) is 0 Å². The van der Waals surface area contributed by atoms with Crippen LogP contribution in [0.4, 0.5) is 4.79 Å². The molecular formula is C13H22N2O3. The molecule has 0 aromatic rings. The molecule has 0 radical (unpaired) electrons. The van der Waals surface area contributed by atoms with Gasteiger partial charge in [0.25, 0.3) is 0 Å². The van der Waals surface area contributed by atoms with Gasteiger partial charge in [-0.25, -0.2) is 4.79 Å². The summed E-state index contributed by atoms with van der Waals surface area (Å²) in [5.41, 5.74) is 5.25. The van der Waals surface area contributed by atoms with E-state index in [4.69, 9.17) is 10.5 Å². The number of carbonyl (C=O) groups is 2. The number of rotatable bonds is 4. The molecule has 1 rings (SSSR count). The lowest BCUT2D eigenvalue weighted by Crippen LogP contribution is -2.34. The van der Waals surface area contributed by atoms with E-state index in [9.17, 15) is 9.59 Å². The Labute approximate surface area is 108 Å². The average molecular weight is 254 g/mol. The van der Waals surface area contributed by atoms with Gasteiger partial charge >= 0.3 is 6.09 Å². The Bertz CT molecular complexity index is 315. The minimum Gasteiger partial charge on any atom is -0.442 e. The van der Waals surface area contributed by atoms with Gasteiger partial charge in [-0.2, -0.15) is 0 Å². The van der Waals surface area contributed by atoms with Crippen LogP contribution in [0.5, 0.6) is 0 Å². The Balaban J connectivity index is 2.66. The number of ether oxygens (including phenoxy) is 1. The quantitative estimate of drug-likeness (QED) is 0.749. The Morgan fingerprint density at radius 1 is 1.44 bits per heavy atom. The summed E-state index contributed by atoms with van der Waals surface area (Å²) in [6, 6.07) is 0. The van der Waals surface area contributed by atoms with Crippen molar-refractivity contribution >= 4 is 12.0 Å². The molecule has 0 saturated carbocycles. The fourth-order valence-electron chi connectivity index (χ4n) is 2.14. The minimum absolute atomic E-state index is 0.0124. The number of nitrogens with two attached hydrogens (primary N) is 1. The van der Waals surface area contributed by atoms with Gasteiger partial charge in [0.15, 0.2) is 0 Å². The van der Waals surface area contributed by atoms with Crippen molar-refractivity contribution in [2.45, 2.75) is 45.1 Å². The molecule has 0 heterocycles. The number of carbonyl (C=O) groups excluding carboxylic acids is 2. The highest BCUT2D eigenvalue weighted by molar-refractivity contribution is 5.74. The largest absolute Gasteiger partial charge is 0.442 e. The molecule has 0 bridgehead atoms. The maximum Gasteiger partial charge on any atom is 0.407 e. The van der Waals surface area contributed by atoms with Gasteiger partial charge in [-0.05, 0) is 32.3 Å². The van der Waals surface area contributed by atoms with E-state index in [0.29, 0.717) is 6.54 Å². The second-order valence-electron chi connectivity index (χ2n) is 4.54. The summed E-state index contributed by atoms with van der Waals surface area (Å²) >= 11 is 0. The molecule has 0 aromatic carbocycles. The molecule has 1 aliphatic carbocycles.